The Morgan fingerprint density at radius 3 is 2.67 bits per heavy atom. The summed E-state index contributed by atoms with van der Waals surface area (Å²) in [6.45, 7) is 2.20. The molecular formula is C12H18N2O4. The summed E-state index contributed by atoms with van der Waals surface area (Å²) in [6.07, 6.45) is -1.96. The highest BCUT2D eigenvalue weighted by Crippen LogP contribution is 2.30. The van der Waals surface area contributed by atoms with Crippen molar-refractivity contribution in [3.63, 3.8) is 0 Å². The van der Waals surface area contributed by atoms with Gasteiger partial charge in [-0.25, -0.2) is 0 Å². The van der Waals surface area contributed by atoms with Crippen molar-refractivity contribution in [1.82, 2.24) is 5.32 Å². The Balaban J connectivity index is 3.03. The summed E-state index contributed by atoms with van der Waals surface area (Å²) in [5.41, 5.74) is 0.623. The number of aliphatic hydroxyl groups excluding tert-OH is 2. The first-order valence-electron chi connectivity index (χ1n) is 5.73. The predicted molar refractivity (Wildman–Crippen MR) is 67.3 cm³/mol. The van der Waals surface area contributed by atoms with E-state index in [1.165, 1.54) is 6.07 Å². The molecule has 2 unspecified atom stereocenters. The van der Waals surface area contributed by atoms with Crippen LogP contribution in [0.3, 0.4) is 0 Å². The molecule has 1 aromatic carbocycles. The molecule has 0 heterocycles. The van der Waals surface area contributed by atoms with Crippen molar-refractivity contribution < 1.29 is 15.1 Å². The van der Waals surface area contributed by atoms with E-state index in [2.05, 4.69) is 5.32 Å². The molecule has 0 spiro atoms. The number of benzene rings is 1. The molecule has 1 rings (SSSR count). The van der Waals surface area contributed by atoms with Gasteiger partial charge in [0, 0.05) is 6.07 Å². The molecule has 100 valence electrons. The minimum Gasteiger partial charge on any atom is -0.390 e. The molecule has 0 aromatic heterocycles. The Morgan fingerprint density at radius 1 is 1.44 bits per heavy atom. The molecule has 6 heteroatoms. The van der Waals surface area contributed by atoms with Crippen molar-refractivity contribution in [2.45, 2.75) is 25.6 Å². The van der Waals surface area contributed by atoms with E-state index in [9.17, 15) is 20.3 Å². The second kappa shape index (κ2) is 6.44. The van der Waals surface area contributed by atoms with E-state index in [1.807, 2.05) is 0 Å². The van der Waals surface area contributed by atoms with Crippen LogP contribution < -0.4 is 5.32 Å². The van der Waals surface area contributed by atoms with Gasteiger partial charge in [-0.2, -0.15) is 0 Å². The number of aliphatic hydroxyl groups is 2. The molecule has 0 aliphatic carbocycles. The molecule has 0 fully saturated rings. The van der Waals surface area contributed by atoms with Gasteiger partial charge in [0.1, 0.15) is 6.10 Å². The van der Waals surface area contributed by atoms with E-state index in [0.29, 0.717) is 18.5 Å². The normalized spacial score (nSPS) is 14.2. The van der Waals surface area contributed by atoms with Gasteiger partial charge in [-0.15, -0.1) is 0 Å². The number of nitro groups is 1. The maximum atomic E-state index is 10.9. The van der Waals surface area contributed by atoms with Gasteiger partial charge in [-0.05, 0) is 32.5 Å². The first-order valence-corrected chi connectivity index (χ1v) is 5.73. The molecular weight excluding hydrogens is 236 g/mol. The van der Waals surface area contributed by atoms with Gasteiger partial charge in [0.15, 0.2) is 0 Å². The molecule has 2 atom stereocenters. The van der Waals surface area contributed by atoms with E-state index >= 15 is 0 Å². The summed E-state index contributed by atoms with van der Waals surface area (Å²) in [6, 6.07) is 4.57. The number of nitro benzene ring substituents is 1. The van der Waals surface area contributed by atoms with Gasteiger partial charge in [-0.3, -0.25) is 10.1 Å². The topological polar surface area (TPSA) is 95.6 Å². The quantitative estimate of drug-likeness (QED) is 0.518. The molecule has 6 nitrogen and oxygen atoms in total. The first-order chi connectivity index (χ1) is 8.49. The Bertz CT molecular complexity index is 423. The van der Waals surface area contributed by atoms with Crippen LogP contribution in [0, 0.1) is 17.0 Å². The molecule has 18 heavy (non-hydrogen) atoms. The maximum absolute atomic E-state index is 10.9. The Kier molecular flexibility index (Phi) is 5.21. The number of rotatable bonds is 6. The molecule has 0 amide bonds. The van der Waals surface area contributed by atoms with Gasteiger partial charge < -0.3 is 15.5 Å². The van der Waals surface area contributed by atoms with E-state index < -0.39 is 17.1 Å². The van der Waals surface area contributed by atoms with Crippen LogP contribution in [0.4, 0.5) is 5.69 Å². The molecule has 0 radical (unpaired) electrons. The van der Waals surface area contributed by atoms with Crippen molar-refractivity contribution in [3.8, 4) is 0 Å². The minimum absolute atomic E-state index is 0.161. The molecule has 0 bridgehead atoms. The first kappa shape index (κ1) is 14.6. The van der Waals surface area contributed by atoms with Crippen molar-refractivity contribution in [1.29, 1.82) is 0 Å². The molecule has 3 N–H and O–H groups in total. The molecule has 1 aromatic rings. The largest absolute Gasteiger partial charge is 0.390 e. The minimum atomic E-state index is -1.25. The van der Waals surface area contributed by atoms with Crippen molar-refractivity contribution in [2.24, 2.45) is 0 Å². The van der Waals surface area contributed by atoms with E-state index in [1.54, 1.807) is 26.1 Å². The lowest BCUT2D eigenvalue weighted by Gasteiger charge is -2.19. The fraction of sp³-hybridized carbons (Fsp3) is 0.500. The van der Waals surface area contributed by atoms with E-state index in [4.69, 9.17) is 0 Å². The lowest BCUT2D eigenvalue weighted by molar-refractivity contribution is -0.386. The van der Waals surface area contributed by atoms with Gasteiger partial charge in [0.2, 0.25) is 0 Å². The Labute approximate surface area is 105 Å². The lowest BCUT2D eigenvalue weighted by Crippen LogP contribution is -2.24. The third kappa shape index (κ3) is 3.25. The summed E-state index contributed by atoms with van der Waals surface area (Å²) in [5, 5.41) is 33.6. The molecule has 0 aliphatic rings. The monoisotopic (exact) mass is 254 g/mol. The number of nitrogens with zero attached hydrogens (tertiary/aromatic N) is 1. The predicted octanol–water partition coefficient (Wildman–Crippen LogP) is 0.907. The third-order valence-electron chi connectivity index (χ3n) is 2.85. The lowest BCUT2D eigenvalue weighted by atomic mass is 9.96. The van der Waals surface area contributed by atoms with E-state index in [0.717, 1.165) is 0 Å². The van der Waals surface area contributed by atoms with Crippen LogP contribution in [0.15, 0.2) is 18.2 Å². The highest BCUT2D eigenvalue weighted by molar-refractivity contribution is 5.46. The van der Waals surface area contributed by atoms with Crippen molar-refractivity contribution in [3.05, 3.63) is 39.4 Å². The number of hydrogen-bond acceptors (Lipinski definition) is 5. The van der Waals surface area contributed by atoms with Gasteiger partial charge in [0.05, 0.1) is 16.6 Å². The summed E-state index contributed by atoms with van der Waals surface area (Å²) in [5.74, 6) is 0. The van der Waals surface area contributed by atoms with Crippen LogP contribution in [-0.4, -0.2) is 34.8 Å². The fourth-order valence-electron chi connectivity index (χ4n) is 1.85. The highest BCUT2D eigenvalue weighted by Gasteiger charge is 2.27. The number of aryl methyl sites for hydroxylation is 1. The van der Waals surface area contributed by atoms with Gasteiger partial charge in [0.25, 0.3) is 5.69 Å². The number of nitrogens with one attached hydrogen (secondary N) is 1. The SMILES string of the molecule is CNCCC(O)C(O)c1c(C)cccc1[N+](=O)[O-]. The van der Waals surface area contributed by atoms with Crippen LogP contribution in [0.1, 0.15) is 23.7 Å². The zero-order chi connectivity index (χ0) is 13.7. The molecule has 0 saturated carbocycles. The standard InChI is InChI=1S/C12H18N2O4/c1-8-4-3-5-9(14(17)18)11(8)12(16)10(15)6-7-13-2/h3-5,10,12-13,15-16H,6-7H2,1-2H3. The third-order valence-corrected chi connectivity index (χ3v) is 2.85. The Morgan fingerprint density at radius 2 is 2.11 bits per heavy atom. The number of hydrogen-bond donors (Lipinski definition) is 3. The summed E-state index contributed by atoms with van der Waals surface area (Å²) in [7, 11) is 1.73. The van der Waals surface area contributed by atoms with Crippen molar-refractivity contribution >= 4 is 5.69 Å². The summed E-state index contributed by atoms with van der Waals surface area (Å²) in [4.78, 5) is 10.4. The average Bonchev–Trinajstić information content (AvgIpc) is 2.34. The molecule has 0 aliphatic heterocycles. The maximum Gasteiger partial charge on any atom is 0.275 e. The highest BCUT2D eigenvalue weighted by atomic mass is 16.6. The smallest absolute Gasteiger partial charge is 0.275 e. The zero-order valence-electron chi connectivity index (χ0n) is 10.5. The van der Waals surface area contributed by atoms with Gasteiger partial charge in [-0.1, -0.05) is 12.1 Å². The Hall–Kier alpha value is -1.50. The van der Waals surface area contributed by atoms with Crippen LogP contribution in [0.2, 0.25) is 0 Å². The van der Waals surface area contributed by atoms with Crippen LogP contribution >= 0.6 is 0 Å². The summed E-state index contributed by atoms with van der Waals surface area (Å²) < 4.78 is 0. The van der Waals surface area contributed by atoms with E-state index in [-0.39, 0.29) is 11.3 Å². The summed E-state index contributed by atoms with van der Waals surface area (Å²) >= 11 is 0. The molecule has 0 saturated heterocycles. The second-order valence-electron chi connectivity index (χ2n) is 4.17. The van der Waals surface area contributed by atoms with Crippen LogP contribution in [-0.2, 0) is 0 Å². The van der Waals surface area contributed by atoms with Crippen LogP contribution in [0.25, 0.3) is 0 Å². The second-order valence-corrected chi connectivity index (χ2v) is 4.17. The zero-order valence-corrected chi connectivity index (χ0v) is 10.5. The van der Waals surface area contributed by atoms with Crippen LogP contribution in [0.5, 0.6) is 0 Å². The van der Waals surface area contributed by atoms with Crippen molar-refractivity contribution in [2.75, 3.05) is 13.6 Å². The van der Waals surface area contributed by atoms with Gasteiger partial charge >= 0.3 is 0 Å². The average molecular weight is 254 g/mol. The fourth-order valence-corrected chi connectivity index (χ4v) is 1.85.